The summed E-state index contributed by atoms with van der Waals surface area (Å²) in [6.45, 7) is 10.9. The van der Waals surface area contributed by atoms with Crippen LogP contribution < -0.4 is 0 Å². The minimum absolute atomic E-state index is 0.467. The Balaban J connectivity index is 2.43. The van der Waals surface area contributed by atoms with Crippen LogP contribution in [0.2, 0.25) is 0 Å². The Labute approximate surface area is 92.5 Å². The van der Waals surface area contributed by atoms with E-state index in [4.69, 9.17) is 5.11 Å². The van der Waals surface area contributed by atoms with Crippen molar-refractivity contribution < 1.29 is 9.90 Å². The number of carboxylic acid groups (broad SMARTS) is 1. The third-order valence-electron chi connectivity index (χ3n) is 3.82. The standard InChI is InChI=1S/C12H23NO2/c1-5-12(6-2)8-13(9-12)7-11(3,4)10(14)15/h5-9H2,1-4H3,(H,14,15). The molecule has 1 saturated heterocycles. The van der Waals surface area contributed by atoms with Gasteiger partial charge in [-0.15, -0.1) is 0 Å². The molecule has 1 N–H and O–H groups in total. The number of hydrogen-bond acceptors (Lipinski definition) is 2. The lowest BCUT2D eigenvalue weighted by Crippen LogP contribution is -2.58. The van der Waals surface area contributed by atoms with Crippen molar-refractivity contribution in [1.82, 2.24) is 4.90 Å². The van der Waals surface area contributed by atoms with Crippen LogP contribution >= 0.6 is 0 Å². The predicted molar refractivity (Wildman–Crippen MR) is 60.9 cm³/mol. The molecule has 15 heavy (non-hydrogen) atoms. The van der Waals surface area contributed by atoms with Gasteiger partial charge in [0.05, 0.1) is 5.41 Å². The van der Waals surface area contributed by atoms with E-state index in [1.165, 1.54) is 12.8 Å². The van der Waals surface area contributed by atoms with E-state index in [9.17, 15) is 4.79 Å². The van der Waals surface area contributed by atoms with Crippen molar-refractivity contribution in [3.63, 3.8) is 0 Å². The molecule has 1 fully saturated rings. The van der Waals surface area contributed by atoms with Crippen LogP contribution in [0.25, 0.3) is 0 Å². The molecule has 1 heterocycles. The summed E-state index contributed by atoms with van der Waals surface area (Å²) in [7, 11) is 0. The Bertz CT molecular complexity index is 236. The molecular formula is C12H23NO2. The van der Waals surface area contributed by atoms with E-state index in [0.29, 0.717) is 12.0 Å². The van der Waals surface area contributed by atoms with Crippen molar-refractivity contribution in [2.75, 3.05) is 19.6 Å². The average Bonchev–Trinajstić information content (AvgIpc) is 2.10. The van der Waals surface area contributed by atoms with Crippen LogP contribution in [-0.4, -0.2) is 35.6 Å². The largest absolute Gasteiger partial charge is 0.481 e. The summed E-state index contributed by atoms with van der Waals surface area (Å²) < 4.78 is 0. The third kappa shape index (κ3) is 2.51. The third-order valence-corrected chi connectivity index (χ3v) is 3.82. The van der Waals surface area contributed by atoms with Crippen LogP contribution in [0.3, 0.4) is 0 Å². The lowest BCUT2D eigenvalue weighted by molar-refractivity contribution is -0.150. The predicted octanol–water partition coefficient (Wildman–Crippen LogP) is 2.22. The van der Waals surface area contributed by atoms with Gasteiger partial charge in [-0.3, -0.25) is 4.79 Å². The second-order valence-corrected chi connectivity index (χ2v) is 5.54. The fourth-order valence-corrected chi connectivity index (χ4v) is 2.34. The maximum atomic E-state index is 11.0. The topological polar surface area (TPSA) is 40.5 Å². The highest BCUT2D eigenvalue weighted by atomic mass is 16.4. The summed E-state index contributed by atoms with van der Waals surface area (Å²) >= 11 is 0. The second-order valence-electron chi connectivity index (χ2n) is 5.54. The molecule has 0 aromatic carbocycles. The highest BCUT2D eigenvalue weighted by molar-refractivity contribution is 5.73. The van der Waals surface area contributed by atoms with E-state index in [0.717, 1.165) is 13.1 Å². The summed E-state index contributed by atoms with van der Waals surface area (Å²) in [5.41, 5.74) is -0.151. The van der Waals surface area contributed by atoms with Crippen molar-refractivity contribution in [2.24, 2.45) is 10.8 Å². The van der Waals surface area contributed by atoms with E-state index in [1.54, 1.807) is 13.8 Å². The van der Waals surface area contributed by atoms with Crippen molar-refractivity contribution in [2.45, 2.75) is 40.5 Å². The van der Waals surface area contributed by atoms with Crippen molar-refractivity contribution >= 4 is 5.97 Å². The highest BCUT2D eigenvalue weighted by Gasteiger charge is 2.42. The summed E-state index contributed by atoms with van der Waals surface area (Å²) in [5, 5.41) is 9.03. The molecule has 1 aliphatic rings. The van der Waals surface area contributed by atoms with Crippen LogP contribution in [0.5, 0.6) is 0 Å². The van der Waals surface area contributed by atoms with Gasteiger partial charge < -0.3 is 10.0 Å². The van der Waals surface area contributed by atoms with Gasteiger partial charge in [0.1, 0.15) is 0 Å². The number of rotatable bonds is 5. The van der Waals surface area contributed by atoms with Gasteiger partial charge in [0.2, 0.25) is 0 Å². The first kappa shape index (κ1) is 12.5. The van der Waals surface area contributed by atoms with Gasteiger partial charge in [0.15, 0.2) is 0 Å². The van der Waals surface area contributed by atoms with Gasteiger partial charge in [-0.2, -0.15) is 0 Å². The first-order chi connectivity index (χ1) is 6.85. The molecule has 0 spiro atoms. The summed E-state index contributed by atoms with van der Waals surface area (Å²) in [6.07, 6.45) is 2.40. The molecule has 3 heteroatoms. The van der Waals surface area contributed by atoms with Gasteiger partial charge in [-0.1, -0.05) is 13.8 Å². The monoisotopic (exact) mass is 213 g/mol. The Morgan fingerprint density at radius 1 is 1.33 bits per heavy atom. The van der Waals surface area contributed by atoms with Crippen LogP contribution in [0.4, 0.5) is 0 Å². The maximum absolute atomic E-state index is 11.0. The number of likely N-dealkylation sites (tertiary alicyclic amines) is 1. The zero-order valence-corrected chi connectivity index (χ0v) is 10.3. The fraction of sp³-hybridized carbons (Fsp3) is 0.917. The zero-order chi connectivity index (χ0) is 11.7. The van der Waals surface area contributed by atoms with Gasteiger partial charge in [0.25, 0.3) is 0 Å². The van der Waals surface area contributed by atoms with Crippen LogP contribution in [0.1, 0.15) is 40.5 Å². The van der Waals surface area contributed by atoms with Crippen molar-refractivity contribution in [3.05, 3.63) is 0 Å². The van der Waals surface area contributed by atoms with Crippen LogP contribution in [0, 0.1) is 10.8 Å². The van der Waals surface area contributed by atoms with Crippen LogP contribution in [-0.2, 0) is 4.79 Å². The lowest BCUT2D eigenvalue weighted by atomic mass is 9.74. The first-order valence-electron chi connectivity index (χ1n) is 5.81. The van der Waals surface area contributed by atoms with E-state index in [-0.39, 0.29) is 0 Å². The number of carbonyl (C=O) groups is 1. The molecule has 1 rings (SSSR count). The molecule has 0 radical (unpaired) electrons. The number of aliphatic carboxylic acids is 1. The first-order valence-corrected chi connectivity index (χ1v) is 5.81. The molecule has 1 aliphatic heterocycles. The van der Waals surface area contributed by atoms with Crippen molar-refractivity contribution in [1.29, 1.82) is 0 Å². The Morgan fingerprint density at radius 3 is 2.13 bits per heavy atom. The van der Waals surface area contributed by atoms with Gasteiger partial charge in [0, 0.05) is 19.6 Å². The molecule has 0 aliphatic carbocycles. The van der Waals surface area contributed by atoms with E-state index < -0.39 is 11.4 Å². The summed E-state index contributed by atoms with van der Waals surface area (Å²) in [6, 6.07) is 0. The molecule has 0 saturated carbocycles. The molecule has 0 atom stereocenters. The Morgan fingerprint density at radius 2 is 1.80 bits per heavy atom. The van der Waals surface area contributed by atoms with Gasteiger partial charge >= 0.3 is 5.97 Å². The summed E-state index contributed by atoms with van der Waals surface area (Å²) in [5.74, 6) is -0.701. The molecule has 0 aromatic rings. The average molecular weight is 213 g/mol. The minimum Gasteiger partial charge on any atom is -0.481 e. The van der Waals surface area contributed by atoms with Crippen LogP contribution in [0.15, 0.2) is 0 Å². The smallest absolute Gasteiger partial charge is 0.310 e. The van der Waals surface area contributed by atoms with E-state index in [1.807, 2.05) is 0 Å². The molecule has 0 unspecified atom stereocenters. The maximum Gasteiger partial charge on any atom is 0.310 e. The quantitative estimate of drug-likeness (QED) is 0.761. The number of hydrogen-bond donors (Lipinski definition) is 1. The second kappa shape index (κ2) is 4.12. The Hall–Kier alpha value is -0.570. The van der Waals surface area contributed by atoms with Gasteiger partial charge in [-0.05, 0) is 32.1 Å². The number of nitrogens with zero attached hydrogens (tertiary/aromatic N) is 1. The minimum atomic E-state index is -0.701. The summed E-state index contributed by atoms with van der Waals surface area (Å²) in [4.78, 5) is 13.2. The molecule has 88 valence electrons. The number of carboxylic acids is 1. The van der Waals surface area contributed by atoms with E-state index in [2.05, 4.69) is 18.7 Å². The molecular weight excluding hydrogens is 190 g/mol. The normalized spacial score (nSPS) is 21.1. The van der Waals surface area contributed by atoms with Crippen molar-refractivity contribution in [3.8, 4) is 0 Å². The van der Waals surface area contributed by atoms with E-state index >= 15 is 0 Å². The zero-order valence-electron chi connectivity index (χ0n) is 10.3. The SMILES string of the molecule is CCC1(CC)CN(CC(C)(C)C(=O)O)C1. The molecule has 3 nitrogen and oxygen atoms in total. The lowest BCUT2D eigenvalue weighted by Gasteiger charge is -2.51. The molecule has 0 amide bonds. The molecule has 0 aromatic heterocycles. The van der Waals surface area contributed by atoms with Gasteiger partial charge in [-0.25, -0.2) is 0 Å². The fourth-order valence-electron chi connectivity index (χ4n) is 2.34. The Kier molecular flexibility index (Phi) is 3.44. The molecule has 0 bridgehead atoms. The highest BCUT2D eigenvalue weighted by Crippen LogP contribution is 2.38.